The molecule has 2 fully saturated rings. The summed E-state index contributed by atoms with van der Waals surface area (Å²) in [6, 6.07) is 0. The van der Waals surface area contributed by atoms with Gasteiger partial charge in [-0.1, -0.05) is 37.3 Å². The van der Waals surface area contributed by atoms with Gasteiger partial charge in [0.1, 0.15) is 6.10 Å². The number of ketones is 2. The molecular weight excluding hydrogens is 404 g/mol. The molecule has 0 aliphatic heterocycles. The van der Waals surface area contributed by atoms with Crippen molar-refractivity contribution in [2.75, 3.05) is 13.4 Å². The smallest absolute Gasteiger partial charge is 0.219 e. The van der Waals surface area contributed by atoms with Crippen LogP contribution >= 0.6 is 24.0 Å². The number of methoxy groups -OCH3 is 1. The lowest BCUT2D eigenvalue weighted by Gasteiger charge is -2.63. The molecule has 0 amide bonds. The van der Waals surface area contributed by atoms with Gasteiger partial charge in [0.25, 0.3) is 0 Å². The third-order valence-corrected chi connectivity index (χ3v) is 9.27. The van der Waals surface area contributed by atoms with Gasteiger partial charge in [-0.25, -0.2) is 0 Å². The Morgan fingerprint density at radius 3 is 2.52 bits per heavy atom. The molecule has 1 spiro atoms. The van der Waals surface area contributed by atoms with Gasteiger partial charge < -0.3 is 9.47 Å². The monoisotopic (exact) mass is 434 g/mol. The fourth-order valence-electron chi connectivity index (χ4n) is 7.52. The summed E-state index contributed by atoms with van der Waals surface area (Å²) in [7, 11) is 1.51. The van der Waals surface area contributed by atoms with Crippen LogP contribution in [0.25, 0.3) is 0 Å². The second-order valence-electron chi connectivity index (χ2n) is 9.44. The quantitative estimate of drug-likeness (QED) is 0.463. The highest BCUT2D eigenvalue weighted by molar-refractivity contribution is 8.22. The third kappa shape index (κ3) is 2.42. The summed E-state index contributed by atoms with van der Waals surface area (Å²) in [4.78, 5) is 28.2. The summed E-state index contributed by atoms with van der Waals surface area (Å²) in [5, 5.41) is 0. The lowest BCUT2D eigenvalue weighted by Crippen LogP contribution is -2.69. The predicted molar refractivity (Wildman–Crippen MR) is 118 cm³/mol. The highest BCUT2D eigenvalue weighted by atomic mass is 32.2. The van der Waals surface area contributed by atoms with Gasteiger partial charge in [-0.2, -0.15) is 0 Å². The number of thiocarbonyl (C=S) groups is 1. The third-order valence-electron chi connectivity index (χ3n) is 8.25. The molecule has 0 saturated heterocycles. The van der Waals surface area contributed by atoms with Gasteiger partial charge >= 0.3 is 0 Å². The van der Waals surface area contributed by atoms with Crippen LogP contribution in [0.5, 0.6) is 0 Å². The van der Waals surface area contributed by atoms with E-state index in [2.05, 4.69) is 26.8 Å². The first-order valence-corrected chi connectivity index (χ1v) is 12.1. The van der Waals surface area contributed by atoms with E-state index in [1.165, 1.54) is 24.4 Å². The molecule has 0 heterocycles. The molecule has 4 nitrogen and oxygen atoms in total. The van der Waals surface area contributed by atoms with Crippen molar-refractivity contribution < 1.29 is 19.1 Å². The molecule has 6 heteroatoms. The Balaban J connectivity index is 2.01. The summed E-state index contributed by atoms with van der Waals surface area (Å²) in [5.41, 5.74) is 0.172. The van der Waals surface area contributed by atoms with Gasteiger partial charge in [-0.05, 0) is 69.3 Å². The molecule has 29 heavy (non-hydrogen) atoms. The zero-order valence-electron chi connectivity index (χ0n) is 18.0. The van der Waals surface area contributed by atoms with Crippen molar-refractivity contribution in [3.8, 4) is 0 Å². The van der Waals surface area contributed by atoms with Crippen molar-refractivity contribution in [2.24, 2.45) is 34.5 Å². The normalized spacial score (nSPS) is 43.5. The molecule has 4 aliphatic rings. The van der Waals surface area contributed by atoms with E-state index in [4.69, 9.17) is 21.7 Å². The highest BCUT2D eigenvalue weighted by Crippen LogP contribution is 2.74. The molecule has 0 radical (unpaired) electrons. The summed E-state index contributed by atoms with van der Waals surface area (Å²) >= 11 is 6.82. The Morgan fingerprint density at radius 2 is 1.90 bits per heavy atom. The summed E-state index contributed by atoms with van der Waals surface area (Å²) in [6.45, 7) is 8.19. The van der Waals surface area contributed by atoms with Crippen LogP contribution in [0.3, 0.4) is 0 Å². The number of thioether (sulfide) groups is 1. The van der Waals surface area contributed by atoms with E-state index in [1.807, 2.05) is 6.26 Å². The van der Waals surface area contributed by atoms with Crippen molar-refractivity contribution in [1.82, 2.24) is 0 Å². The van der Waals surface area contributed by atoms with Crippen LogP contribution in [0, 0.1) is 34.5 Å². The molecular formula is C23H30O4S2. The van der Waals surface area contributed by atoms with Crippen molar-refractivity contribution in [3.05, 3.63) is 23.0 Å². The summed E-state index contributed by atoms with van der Waals surface area (Å²) in [5.74, 6) is 0.676. The molecule has 4 aliphatic carbocycles. The molecule has 0 N–H and O–H groups in total. The second kappa shape index (κ2) is 6.94. The van der Waals surface area contributed by atoms with Crippen LogP contribution in [0.1, 0.15) is 47.0 Å². The van der Waals surface area contributed by atoms with Gasteiger partial charge in [-0.15, -0.1) is 0 Å². The Kier molecular flexibility index (Phi) is 5.05. The van der Waals surface area contributed by atoms with Gasteiger partial charge in [0, 0.05) is 11.5 Å². The largest absolute Gasteiger partial charge is 0.493 e. The van der Waals surface area contributed by atoms with Crippen LogP contribution < -0.4 is 0 Å². The van der Waals surface area contributed by atoms with Crippen LogP contribution in [0.2, 0.25) is 0 Å². The SMILES string of the molecule is COC1=C(C)C(=O)[C@]23[C@@H]4[C@@H](OC(=S)SC)C[C@H](C)[C@@]2(CC(C)=C[C@@H]3C[C@@H]4C)C1=O. The number of allylic oxidation sites excluding steroid dienone is 4. The van der Waals surface area contributed by atoms with Crippen LogP contribution in [0.4, 0.5) is 0 Å². The first-order chi connectivity index (χ1) is 13.7. The molecule has 4 rings (SSSR count). The lowest BCUT2D eigenvalue weighted by molar-refractivity contribution is -0.186. The Labute approximate surface area is 182 Å². The predicted octanol–water partition coefficient (Wildman–Crippen LogP) is 4.73. The first-order valence-electron chi connectivity index (χ1n) is 10.4. The van der Waals surface area contributed by atoms with Crippen molar-refractivity contribution in [1.29, 1.82) is 0 Å². The Hall–Kier alpha value is -1.14. The topological polar surface area (TPSA) is 52.6 Å². The molecule has 0 aromatic carbocycles. The molecule has 0 bridgehead atoms. The highest BCUT2D eigenvalue weighted by Gasteiger charge is 2.78. The zero-order valence-corrected chi connectivity index (χ0v) is 19.7. The van der Waals surface area contributed by atoms with E-state index in [1.54, 1.807) is 6.92 Å². The van der Waals surface area contributed by atoms with Crippen molar-refractivity contribution >= 4 is 39.9 Å². The Morgan fingerprint density at radius 1 is 1.21 bits per heavy atom. The zero-order chi connectivity index (χ0) is 21.3. The van der Waals surface area contributed by atoms with Crippen LogP contribution in [-0.4, -0.2) is 35.4 Å². The average Bonchev–Trinajstić information content (AvgIpc) is 2.97. The van der Waals surface area contributed by atoms with E-state index in [-0.39, 0.29) is 47.1 Å². The first kappa shape index (κ1) is 21.1. The molecule has 0 unspecified atom stereocenters. The van der Waals surface area contributed by atoms with Crippen LogP contribution in [-0.2, 0) is 19.1 Å². The fourth-order valence-corrected chi connectivity index (χ4v) is 7.87. The van der Waals surface area contributed by atoms with Crippen LogP contribution in [0.15, 0.2) is 23.0 Å². The van der Waals surface area contributed by atoms with Crippen molar-refractivity contribution in [2.45, 2.75) is 53.1 Å². The number of rotatable bonds is 2. The molecule has 7 atom stereocenters. The van der Waals surface area contributed by atoms with E-state index >= 15 is 0 Å². The number of hydrogen-bond acceptors (Lipinski definition) is 6. The molecule has 2 saturated carbocycles. The number of ether oxygens (including phenoxy) is 2. The second-order valence-corrected chi connectivity index (χ2v) is 10.8. The number of Topliss-reactive ketones (excluding diaryl/α,β-unsaturated/α-hetero) is 2. The molecule has 158 valence electrons. The number of hydrogen-bond donors (Lipinski definition) is 0. The average molecular weight is 435 g/mol. The van der Waals surface area contributed by atoms with Crippen molar-refractivity contribution in [3.63, 3.8) is 0 Å². The van der Waals surface area contributed by atoms with E-state index in [0.29, 0.717) is 16.4 Å². The van der Waals surface area contributed by atoms with E-state index in [9.17, 15) is 9.59 Å². The van der Waals surface area contributed by atoms with Gasteiger partial charge in [0.15, 0.2) is 11.5 Å². The minimum absolute atomic E-state index is 0.000411. The minimum atomic E-state index is -0.758. The number of carbonyl (C=O) groups excluding carboxylic acids is 2. The number of carbonyl (C=O) groups is 2. The maximum absolute atomic E-state index is 14.2. The fraction of sp³-hybridized carbons (Fsp3) is 0.696. The van der Waals surface area contributed by atoms with E-state index in [0.717, 1.165) is 12.8 Å². The Bertz CT molecular complexity index is 859. The lowest BCUT2D eigenvalue weighted by atomic mass is 9.37. The summed E-state index contributed by atoms with van der Waals surface area (Å²) in [6.07, 6.45) is 6.30. The van der Waals surface area contributed by atoms with E-state index < -0.39 is 10.8 Å². The van der Waals surface area contributed by atoms with Gasteiger partial charge in [-0.3, -0.25) is 9.59 Å². The molecule has 0 aromatic heterocycles. The standard InChI is InChI=1S/C23H30O4S2/c1-11-7-15-8-12(2)17-16(27-21(28)29-6)9-13(3)22(10-11)20(25)18(26-5)14(4)19(24)23(15,17)22/h7,12-13,15-17H,8-10H2,1-6H3/t12-,13-,15+,16-,17-,22-,23-/m0/s1. The maximum Gasteiger partial charge on any atom is 0.219 e. The van der Waals surface area contributed by atoms with Gasteiger partial charge in [0.05, 0.1) is 17.9 Å². The molecule has 0 aromatic rings. The summed E-state index contributed by atoms with van der Waals surface area (Å²) < 4.78 is 12.3. The van der Waals surface area contributed by atoms with Gasteiger partial charge in [0.2, 0.25) is 10.2 Å². The minimum Gasteiger partial charge on any atom is -0.493 e. The maximum atomic E-state index is 14.2.